The van der Waals surface area contributed by atoms with Gasteiger partial charge < -0.3 is 5.32 Å². The van der Waals surface area contributed by atoms with Gasteiger partial charge in [-0.1, -0.05) is 54.1 Å². The molecule has 0 saturated heterocycles. The Morgan fingerprint density at radius 1 is 1.09 bits per heavy atom. The first-order valence-electron chi connectivity index (χ1n) is 8.40. The maximum absolute atomic E-state index is 3.80. The molecule has 1 unspecified atom stereocenters. The summed E-state index contributed by atoms with van der Waals surface area (Å²) in [5.74, 6) is 0. The zero-order valence-electron chi connectivity index (χ0n) is 13.2. The summed E-state index contributed by atoms with van der Waals surface area (Å²) in [5.41, 5.74) is 9.11. The molecule has 0 amide bonds. The summed E-state index contributed by atoms with van der Waals surface area (Å²) in [6, 6.07) is 18.3. The number of hydrogen-bond acceptors (Lipinski definition) is 1. The van der Waals surface area contributed by atoms with Crippen LogP contribution in [-0.4, -0.2) is 6.04 Å². The zero-order valence-corrected chi connectivity index (χ0v) is 13.2. The van der Waals surface area contributed by atoms with Gasteiger partial charge in [0.2, 0.25) is 0 Å². The van der Waals surface area contributed by atoms with E-state index in [-0.39, 0.29) is 0 Å². The lowest BCUT2D eigenvalue weighted by Gasteiger charge is -2.26. The molecule has 1 heteroatoms. The van der Waals surface area contributed by atoms with Crippen molar-refractivity contribution in [1.29, 1.82) is 0 Å². The van der Waals surface area contributed by atoms with Crippen molar-refractivity contribution in [2.24, 2.45) is 0 Å². The largest absolute Gasteiger partial charge is 0.306 e. The number of fused-ring (bicyclic) bond motifs is 2. The topological polar surface area (TPSA) is 12.0 Å². The van der Waals surface area contributed by atoms with Gasteiger partial charge in [0.05, 0.1) is 0 Å². The predicted molar refractivity (Wildman–Crippen MR) is 92.7 cm³/mol. The summed E-state index contributed by atoms with van der Waals surface area (Å²) >= 11 is 0. The third-order valence-electron chi connectivity index (χ3n) is 5.09. The number of allylic oxidation sites excluding steroid dienone is 1. The van der Waals surface area contributed by atoms with Crippen molar-refractivity contribution in [3.8, 4) is 0 Å². The van der Waals surface area contributed by atoms with E-state index in [0.29, 0.717) is 6.04 Å². The van der Waals surface area contributed by atoms with Crippen LogP contribution in [0.25, 0.3) is 5.57 Å². The van der Waals surface area contributed by atoms with Crippen LogP contribution in [-0.2, 0) is 13.0 Å². The minimum atomic E-state index is 0.552. The Kier molecular flexibility index (Phi) is 3.59. The molecule has 22 heavy (non-hydrogen) atoms. The van der Waals surface area contributed by atoms with Gasteiger partial charge in [-0.15, -0.1) is 0 Å². The molecule has 0 radical (unpaired) electrons. The van der Waals surface area contributed by atoms with Gasteiger partial charge in [0.1, 0.15) is 0 Å². The minimum absolute atomic E-state index is 0.552. The van der Waals surface area contributed by atoms with Gasteiger partial charge in [-0.3, -0.25) is 0 Å². The quantitative estimate of drug-likeness (QED) is 0.867. The molecule has 0 aromatic heterocycles. The van der Waals surface area contributed by atoms with Crippen LogP contribution < -0.4 is 5.32 Å². The fraction of sp³-hybridized carbons (Fsp3) is 0.333. The average Bonchev–Trinajstić information content (AvgIpc) is 2.92. The molecule has 112 valence electrons. The Hall–Kier alpha value is -1.86. The van der Waals surface area contributed by atoms with Gasteiger partial charge in [0.15, 0.2) is 0 Å². The first kappa shape index (κ1) is 13.8. The van der Waals surface area contributed by atoms with E-state index < -0.39 is 0 Å². The second-order valence-corrected chi connectivity index (χ2v) is 6.65. The highest BCUT2D eigenvalue weighted by molar-refractivity contribution is 5.78. The molecular weight excluding hydrogens is 266 g/mol. The lowest BCUT2D eigenvalue weighted by Crippen LogP contribution is -2.32. The standard InChI is InChI=1S/C21H23N/c1-15-10-11-17-13-20-18(19(17)12-15)8-5-9-21(20)22-14-16-6-3-2-4-7-16/h2-4,6-7,10-12,21-22H,5,8-9,13-14H2,1H3. The molecule has 1 nitrogen and oxygen atoms in total. The van der Waals surface area contributed by atoms with Crippen LogP contribution in [0.1, 0.15) is 41.5 Å². The number of aryl methyl sites for hydroxylation is 1. The van der Waals surface area contributed by atoms with Crippen LogP contribution in [0.3, 0.4) is 0 Å². The molecule has 0 aliphatic heterocycles. The summed E-state index contributed by atoms with van der Waals surface area (Å²) in [4.78, 5) is 0. The van der Waals surface area contributed by atoms with E-state index in [9.17, 15) is 0 Å². The van der Waals surface area contributed by atoms with Crippen molar-refractivity contribution < 1.29 is 0 Å². The normalized spacial score (nSPS) is 20.0. The van der Waals surface area contributed by atoms with Gasteiger partial charge in [0, 0.05) is 12.6 Å². The van der Waals surface area contributed by atoms with Crippen molar-refractivity contribution in [3.05, 3.63) is 76.4 Å². The molecule has 1 N–H and O–H groups in total. The lowest BCUT2D eigenvalue weighted by atomic mass is 9.87. The van der Waals surface area contributed by atoms with Crippen LogP contribution in [0.4, 0.5) is 0 Å². The molecule has 4 rings (SSSR count). The SMILES string of the molecule is Cc1ccc2c(c1)C1=C(C2)C(NCc2ccccc2)CCC1. The van der Waals surface area contributed by atoms with E-state index in [2.05, 4.69) is 60.8 Å². The molecule has 0 saturated carbocycles. The molecule has 2 aliphatic carbocycles. The molecule has 2 aromatic rings. The van der Waals surface area contributed by atoms with Gasteiger partial charge in [-0.05, 0) is 60.4 Å². The van der Waals surface area contributed by atoms with Crippen molar-refractivity contribution in [2.75, 3.05) is 0 Å². The van der Waals surface area contributed by atoms with Gasteiger partial charge in [-0.2, -0.15) is 0 Å². The fourth-order valence-electron chi connectivity index (χ4n) is 3.96. The molecule has 1 atom stereocenters. The van der Waals surface area contributed by atoms with Crippen molar-refractivity contribution >= 4 is 5.57 Å². The third-order valence-corrected chi connectivity index (χ3v) is 5.09. The number of benzene rings is 2. The Morgan fingerprint density at radius 3 is 2.82 bits per heavy atom. The Labute approximate surface area is 133 Å². The Morgan fingerprint density at radius 2 is 1.95 bits per heavy atom. The summed E-state index contributed by atoms with van der Waals surface area (Å²) in [6.07, 6.45) is 4.99. The van der Waals surface area contributed by atoms with Crippen LogP contribution in [0.15, 0.2) is 54.1 Å². The summed E-state index contributed by atoms with van der Waals surface area (Å²) in [5, 5.41) is 3.80. The summed E-state index contributed by atoms with van der Waals surface area (Å²) in [7, 11) is 0. The Balaban J connectivity index is 1.56. The Bertz CT molecular complexity index is 712. The highest BCUT2D eigenvalue weighted by Crippen LogP contribution is 2.41. The van der Waals surface area contributed by atoms with Crippen LogP contribution >= 0.6 is 0 Å². The van der Waals surface area contributed by atoms with Gasteiger partial charge in [0.25, 0.3) is 0 Å². The fourth-order valence-corrected chi connectivity index (χ4v) is 3.96. The van der Waals surface area contributed by atoms with Crippen molar-refractivity contribution in [1.82, 2.24) is 5.32 Å². The summed E-state index contributed by atoms with van der Waals surface area (Å²) < 4.78 is 0. The minimum Gasteiger partial charge on any atom is -0.306 e. The number of hydrogen-bond donors (Lipinski definition) is 1. The van der Waals surface area contributed by atoms with E-state index in [1.54, 1.807) is 11.1 Å². The molecule has 2 aromatic carbocycles. The van der Waals surface area contributed by atoms with Crippen LogP contribution in [0.2, 0.25) is 0 Å². The monoisotopic (exact) mass is 289 g/mol. The third kappa shape index (κ3) is 2.50. The molecule has 2 aliphatic rings. The summed E-state index contributed by atoms with van der Waals surface area (Å²) in [6.45, 7) is 3.17. The molecule has 0 spiro atoms. The van der Waals surface area contributed by atoms with E-state index >= 15 is 0 Å². The first-order chi connectivity index (χ1) is 10.8. The second kappa shape index (κ2) is 5.73. The number of rotatable bonds is 3. The smallest absolute Gasteiger partial charge is 0.0291 e. The van der Waals surface area contributed by atoms with Crippen molar-refractivity contribution in [3.63, 3.8) is 0 Å². The van der Waals surface area contributed by atoms with Crippen LogP contribution in [0, 0.1) is 6.92 Å². The molecule has 0 fully saturated rings. The average molecular weight is 289 g/mol. The molecule has 0 heterocycles. The lowest BCUT2D eigenvalue weighted by molar-refractivity contribution is 0.501. The maximum Gasteiger partial charge on any atom is 0.0291 e. The highest BCUT2D eigenvalue weighted by Gasteiger charge is 2.29. The van der Waals surface area contributed by atoms with E-state index in [1.165, 1.54) is 41.5 Å². The number of nitrogens with one attached hydrogen (secondary N) is 1. The second-order valence-electron chi connectivity index (χ2n) is 6.65. The van der Waals surface area contributed by atoms with Gasteiger partial charge in [-0.25, -0.2) is 0 Å². The van der Waals surface area contributed by atoms with E-state index in [4.69, 9.17) is 0 Å². The van der Waals surface area contributed by atoms with Gasteiger partial charge >= 0.3 is 0 Å². The predicted octanol–water partition coefficient (Wildman–Crippen LogP) is 4.65. The maximum atomic E-state index is 3.80. The van der Waals surface area contributed by atoms with E-state index in [0.717, 1.165) is 13.0 Å². The molecule has 0 bridgehead atoms. The van der Waals surface area contributed by atoms with E-state index in [1.807, 2.05) is 0 Å². The highest BCUT2D eigenvalue weighted by atomic mass is 14.9. The zero-order chi connectivity index (χ0) is 14.9. The van der Waals surface area contributed by atoms with Crippen molar-refractivity contribution in [2.45, 2.75) is 45.2 Å². The van der Waals surface area contributed by atoms with Crippen LogP contribution in [0.5, 0.6) is 0 Å². The first-order valence-corrected chi connectivity index (χ1v) is 8.40. The molecular formula is C21H23N.